The standard InChI is InChI=1S/C19H21FN4O2S/c1-4-9-24-12(3)16(18(25)21-15-10-11(2)26-23-15)17(22-19(24)27)13-5-7-14(20)8-6-13/h5-8,10,17H,4,9H2,1-3H3,(H,22,27)(H,21,23,25)/t17-/m0/s1. The fraction of sp³-hybridized carbons (Fsp3) is 0.316. The maximum atomic E-state index is 13.4. The molecule has 8 heteroatoms. The van der Waals surface area contributed by atoms with Gasteiger partial charge in [-0.05, 0) is 50.2 Å². The summed E-state index contributed by atoms with van der Waals surface area (Å²) in [5.74, 6) is 0.285. The summed E-state index contributed by atoms with van der Waals surface area (Å²) in [6, 6.07) is 7.18. The Balaban J connectivity index is 2.01. The Hall–Kier alpha value is -2.74. The number of thiocarbonyl (C=S) groups is 1. The third-order valence-corrected chi connectivity index (χ3v) is 4.70. The predicted molar refractivity (Wildman–Crippen MR) is 104 cm³/mol. The van der Waals surface area contributed by atoms with E-state index in [2.05, 4.69) is 15.8 Å². The number of rotatable bonds is 5. The highest BCUT2D eigenvalue weighted by atomic mass is 32.1. The number of nitrogens with zero attached hydrogens (tertiary/aromatic N) is 2. The van der Waals surface area contributed by atoms with Crippen molar-refractivity contribution in [1.29, 1.82) is 0 Å². The lowest BCUT2D eigenvalue weighted by Crippen LogP contribution is -2.48. The Kier molecular flexibility index (Phi) is 5.55. The van der Waals surface area contributed by atoms with Crippen molar-refractivity contribution in [3.63, 3.8) is 0 Å². The van der Waals surface area contributed by atoms with Crippen molar-refractivity contribution in [3.05, 3.63) is 58.7 Å². The Labute approximate surface area is 162 Å². The summed E-state index contributed by atoms with van der Waals surface area (Å²) in [5, 5.41) is 10.3. The van der Waals surface area contributed by atoms with Crippen LogP contribution >= 0.6 is 12.2 Å². The van der Waals surface area contributed by atoms with Gasteiger partial charge >= 0.3 is 0 Å². The average Bonchev–Trinajstić information content (AvgIpc) is 3.03. The molecule has 0 aliphatic carbocycles. The monoisotopic (exact) mass is 388 g/mol. The number of benzene rings is 1. The molecule has 1 aromatic heterocycles. The van der Waals surface area contributed by atoms with Crippen LogP contribution in [-0.4, -0.2) is 27.6 Å². The Morgan fingerprint density at radius 3 is 2.67 bits per heavy atom. The van der Waals surface area contributed by atoms with Crippen LogP contribution < -0.4 is 10.6 Å². The number of amides is 1. The van der Waals surface area contributed by atoms with Gasteiger partial charge in [-0.3, -0.25) is 4.79 Å². The van der Waals surface area contributed by atoms with Crippen molar-refractivity contribution in [2.75, 3.05) is 11.9 Å². The Morgan fingerprint density at radius 2 is 2.07 bits per heavy atom. The highest BCUT2D eigenvalue weighted by Crippen LogP contribution is 2.31. The Bertz CT molecular complexity index is 891. The van der Waals surface area contributed by atoms with Crippen molar-refractivity contribution in [2.45, 2.75) is 33.2 Å². The quantitative estimate of drug-likeness (QED) is 0.762. The molecule has 1 aliphatic heterocycles. The molecule has 6 nitrogen and oxygen atoms in total. The Morgan fingerprint density at radius 1 is 1.37 bits per heavy atom. The molecule has 0 bridgehead atoms. The van der Waals surface area contributed by atoms with E-state index in [4.69, 9.17) is 16.7 Å². The number of aryl methyl sites for hydroxylation is 1. The molecule has 2 aromatic rings. The first-order chi connectivity index (χ1) is 12.9. The van der Waals surface area contributed by atoms with Gasteiger partial charge in [0.25, 0.3) is 5.91 Å². The maximum Gasteiger partial charge on any atom is 0.257 e. The fourth-order valence-corrected chi connectivity index (χ4v) is 3.43. The first-order valence-corrected chi connectivity index (χ1v) is 9.10. The van der Waals surface area contributed by atoms with Gasteiger partial charge in [-0.25, -0.2) is 4.39 Å². The summed E-state index contributed by atoms with van der Waals surface area (Å²) in [5.41, 5.74) is 2.01. The van der Waals surface area contributed by atoms with Gasteiger partial charge in [0, 0.05) is 18.3 Å². The largest absolute Gasteiger partial charge is 0.360 e. The van der Waals surface area contributed by atoms with Gasteiger partial charge in [0.1, 0.15) is 11.6 Å². The number of hydrogen-bond donors (Lipinski definition) is 2. The number of carbonyl (C=O) groups excluding carboxylic acids is 1. The van der Waals surface area contributed by atoms with E-state index in [1.807, 2.05) is 18.7 Å². The molecule has 1 atom stereocenters. The van der Waals surface area contributed by atoms with Gasteiger partial charge in [-0.1, -0.05) is 24.2 Å². The molecule has 1 aliphatic rings. The SMILES string of the molecule is CCCN1C(=S)N[C@@H](c2ccc(F)cc2)C(C(=O)Nc2cc(C)on2)=C1C. The van der Waals surface area contributed by atoms with Crippen LogP contribution in [0.2, 0.25) is 0 Å². The van der Waals surface area contributed by atoms with Crippen LogP contribution in [0, 0.1) is 12.7 Å². The summed E-state index contributed by atoms with van der Waals surface area (Å²) in [6.07, 6.45) is 0.873. The molecule has 27 heavy (non-hydrogen) atoms. The van der Waals surface area contributed by atoms with Crippen molar-refractivity contribution < 1.29 is 13.7 Å². The topological polar surface area (TPSA) is 70.4 Å². The maximum absolute atomic E-state index is 13.4. The molecule has 2 heterocycles. The van der Waals surface area contributed by atoms with Crippen LogP contribution in [0.5, 0.6) is 0 Å². The highest BCUT2D eigenvalue weighted by Gasteiger charge is 2.33. The summed E-state index contributed by atoms with van der Waals surface area (Å²) in [4.78, 5) is 15.0. The second-order valence-corrected chi connectivity index (χ2v) is 6.75. The number of nitrogens with one attached hydrogen (secondary N) is 2. The van der Waals surface area contributed by atoms with E-state index in [0.717, 1.165) is 17.7 Å². The fourth-order valence-electron chi connectivity index (χ4n) is 3.08. The third-order valence-electron chi connectivity index (χ3n) is 4.36. The molecule has 0 spiro atoms. The van der Waals surface area contributed by atoms with Gasteiger partial charge in [-0.2, -0.15) is 0 Å². The lowest BCUT2D eigenvalue weighted by atomic mass is 9.94. The van der Waals surface area contributed by atoms with Gasteiger partial charge < -0.3 is 20.1 Å². The molecule has 1 amide bonds. The van der Waals surface area contributed by atoms with Crippen molar-refractivity contribution >= 4 is 29.1 Å². The van der Waals surface area contributed by atoms with Crippen LogP contribution in [0.15, 0.2) is 46.1 Å². The van der Waals surface area contributed by atoms with E-state index in [0.29, 0.717) is 28.8 Å². The van der Waals surface area contributed by atoms with Crippen molar-refractivity contribution in [3.8, 4) is 0 Å². The smallest absolute Gasteiger partial charge is 0.257 e. The van der Waals surface area contributed by atoms with E-state index in [1.165, 1.54) is 12.1 Å². The molecule has 0 fully saturated rings. The first kappa shape index (κ1) is 19.0. The molecule has 0 unspecified atom stereocenters. The summed E-state index contributed by atoms with van der Waals surface area (Å²) >= 11 is 5.49. The number of anilines is 1. The van der Waals surface area contributed by atoms with E-state index < -0.39 is 6.04 Å². The first-order valence-electron chi connectivity index (χ1n) is 8.69. The zero-order valence-corrected chi connectivity index (χ0v) is 16.2. The number of aromatic nitrogens is 1. The minimum absolute atomic E-state index is 0.314. The van der Waals surface area contributed by atoms with Crippen LogP contribution in [0.25, 0.3) is 0 Å². The molecule has 0 saturated heterocycles. The molecule has 0 saturated carbocycles. The lowest BCUT2D eigenvalue weighted by Gasteiger charge is -2.37. The van der Waals surface area contributed by atoms with Crippen LogP contribution in [0.1, 0.15) is 37.6 Å². The molecular weight excluding hydrogens is 367 g/mol. The number of carbonyl (C=O) groups is 1. The van der Waals surface area contributed by atoms with Crippen molar-refractivity contribution in [2.24, 2.45) is 0 Å². The summed E-state index contributed by atoms with van der Waals surface area (Å²) in [7, 11) is 0. The van der Waals surface area contributed by atoms with Crippen LogP contribution in [0.3, 0.4) is 0 Å². The van der Waals surface area contributed by atoms with E-state index in [-0.39, 0.29) is 11.7 Å². The van der Waals surface area contributed by atoms with E-state index >= 15 is 0 Å². The van der Waals surface area contributed by atoms with Gasteiger partial charge in [0.15, 0.2) is 10.9 Å². The molecular formula is C19H21FN4O2S. The summed E-state index contributed by atoms with van der Waals surface area (Å²) < 4.78 is 18.4. The number of halogens is 1. The molecule has 1 aromatic carbocycles. The molecule has 3 rings (SSSR count). The molecule has 2 N–H and O–H groups in total. The van der Waals surface area contributed by atoms with Crippen molar-refractivity contribution in [1.82, 2.24) is 15.4 Å². The number of allylic oxidation sites excluding steroid dienone is 1. The molecule has 142 valence electrons. The zero-order valence-electron chi connectivity index (χ0n) is 15.4. The van der Waals surface area contributed by atoms with Crippen LogP contribution in [0.4, 0.5) is 10.2 Å². The van der Waals surface area contributed by atoms with Gasteiger partial charge in [0.2, 0.25) is 0 Å². The van der Waals surface area contributed by atoms with E-state index in [9.17, 15) is 9.18 Å². The zero-order chi connectivity index (χ0) is 19.6. The van der Waals surface area contributed by atoms with E-state index in [1.54, 1.807) is 25.1 Å². The highest BCUT2D eigenvalue weighted by molar-refractivity contribution is 7.80. The number of hydrogen-bond acceptors (Lipinski definition) is 4. The average molecular weight is 388 g/mol. The third kappa shape index (κ3) is 4.00. The predicted octanol–water partition coefficient (Wildman–Crippen LogP) is 3.68. The second-order valence-electron chi connectivity index (χ2n) is 6.36. The molecule has 0 radical (unpaired) electrons. The second kappa shape index (κ2) is 7.87. The minimum atomic E-state index is -0.487. The summed E-state index contributed by atoms with van der Waals surface area (Å²) in [6.45, 7) is 6.34. The minimum Gasteiger partial charge on any atom is -0.360 e. The lowest BCUT2D eigenvalue weighted by molar-refractivity contribution is -0.113. The van der Waals surface area contributed by atoms with Crippen LogP contribution in [-0.2, 0) is 4.79 Å². The van der Waals surface area contributed by atoms with Gasteiger partial charge in [-0.15, -0.1) is 0 Å². The normalized spacial score (nSPS) is 17.1. The van der Waals surface area contributed by atoms with Gasteiger partial charge in [0.05, 0.1) is 11.6 Å².